The van der Waals surface area contributed by atoms with Crippen LogP contribution in [0.2, 0.25) is 0 Å². The Hall–Kier alpha value is -1.35. The summed E-state index contributed by atoms with van der Waals surface area (Å²) < 4.78 is 0. The summed E-state index contributed by atoms with van der Waals surface area (Å²) in [6.07, 6.45) is 3.66. The van der Waals surface area contributed by atoms with E-state index >= 15 is 0 Å². The molecule has 1 aromatic rings. The molecule has 1 fully saturated rings. The average Bonchev–Trinajstić information content (AvgIpc) is 2.65. The number of nitrogens with zero attached hydrogens (tertiary/aromatic N) is 3. The molecular formula is C21H36IN5O. The summed E-state index contributed by atoms with van der Waals surface area (Å²) in [5.41, 5.74) is 6.70. The molecule has 28 heavy (non-hydrogen) atoms. The van der Waals surface area contributed by atoms with Crippen molar-refractivity contribution in [2.75, 3.05) is 33.7 Å². The molecule has 1 saturated heterocycles. The molecule has 0 aromatic heterocycles. The highest BCUT2D eigenvalue weighted by Gasteiger charge is 2.23. The molecule has 1 aliphatic heterocycles. The van der Waals surface area contributed by atoms with E-state index in [9.17, 15) is 4.79 Å². The van der Waals surface area contributed by atoms with Crippen molar-refractivity contribution in [3.8, 4) is 0 Å². The first kappa shape index (κ1) is 24.7. The number of benzene rings is 1. The van der Waals surface area contributed by atoms with Crippen LogP contribution in [0.5, 0.6) is 0 Å². The summed E-state index contributed by atoms with van der Waals surface area (Å²) in [6, 6.07) is 11.0. The minimum absolute atomic E-state index is 0. The number of hydrogen-bond acceptors (Lipinski definition) is 3. The Balaban J connectivity index is 0.00000392. The van der Waals surface area contributed by atoms with Crippen molar-refractivity contribution in [2.24, 2.45) is 16.6 Å². The third-order valence-corrected chi connectivity index (χ3v) is 5.39. The maximum atomic E-state index is 11.2. The smallest absolute Gasteiger partial charge is 0.217 e. The number of primary amides is 1. The summed E-state index contributed by atoms with van der Waals surface area (Å²) in [5.74, 6) is 1.06. The molecule has 1 aliphatic rings. The van der Waals surface area contributed by atoms with Gasteiger partial charge in [0.25, 0.3) is 0 Å². The van der Waals surface area contributed by atoms with Gasteiger partial charge in [0.1, 0.15) is 0 Å². The monoisotopic (exact) mass is 501 g/mol. The minimum Gasteiger partial charge on any atom is -0.370 e. The second-order valence-electron chi connectivity index (χ2n) is 7.64. The standard InChI is InChI=1S/C21H35N5O.HI/c1-17(25(3)15-18-8-5-4-6-9-18)11-12-24-21(23-2)26-13-7-10-19(16-26)14-20(22)27;/h4-6,8-9,17,19H,7,10-16H2,1-3H3,(H2,22,27)(H,23,24);1H. The number of nitrogens with one attached hydrogen (secondary N) is 1. The fourth-order valence-electron chi connectivity index (χ4n) is 3.68. The summed E-state index contributed by atoms with van der Waals surface area (Å²) >= 11 is 0. The maximum Gasteiger partial charge on any atom is 0.217 e. The van der Waals surface area contributed by atoms with Crippen molar-refractivity contribution in [3.05, 3.63) is 35.9 Å². The Bertz CT molecular complexity index is 610. The van der Waals surface area contributed by atoms with Gasteiger partial charge in [0.05, 0.1) is 0 Å². The summed E-state index contributed by atoms with van der Waals surface area (Å²) in [4.78, 5) is 20.3. The number of amides is 1. The van der Waals surface area contributed by atoms with Crippen molar-refractivity contribution in [1.82, 2.24) is 15.1 Å². The van der Waals surface area contributed by atoms with E-state index in [2.05, 4.69) is 64.4 Å². The fraction of sp³-hybridized carbons (Fsp3) is 0.619. The van der Waals surface area contributed by atoms with Crippen molar-refractivity contribution in [2.45, 2.75) is 45.2 Å². The van der Waals surface area contributed by atoms with Crippen LogP contribution in [0.1, 0.15) is 38.2 Å². The third-order valence-electron chi connectivity index (χ3n) is 5.39. The minimum atomic E-state index is -0.208. The van der Waals surface area contributed by atoms with E-state index in [1.807, 2.05) is 7.05 Å². The van der Waals surface area contributed by atoms with Gasteiger partial charge in [-0.3, -0.25) is 14.7 Å². The molecule has 1 amide bonds. The van der Waals surface area contributed by atoms with Crippen LogP contribution in [-0.2, 0) is 11.3 Å². The first-order valence-electron chi connectivity index (χ1n) is 9.97. The molecule has 2 atom stereocenters. The zero-order chi connectivity index (χ0) is 19.6. The lowest BCUT2D eigenvalue weighted by Crippen LogP contribution is -2.48. The van der Waals surface area contributed by atoms with Gasteiger partial charge < -0.3 is 16.0 Å². The number of guanidine groups is 1. The Kier molecular flexibility index (Phi) is 11.4. The molecule has 0 spiro atoms. The molecule has 0 radical (unpaired) electrons. The van der Waals surface area contributed by atoms with Gasteiger partial charge in [0.2, 0.25) is 5.91 Å². The Labute approximate surface area is 187 Å². The second-order valence-corrected chi connectivity index (χ2v) is 7.64. The molecule has 1 heterocycles. The lowest BCUT2D eigenvalue weighted by Gasteiger charge is -2.35. The molecule has 1 aromatic carbocycles. The predicted octanol–water partition coefficient (Wildman–Crippen LogP) is 2.68. The highest BCUT2D eigenvalue weighted by Crippen LogP contribution is 2.19. The van der Waals surface area contributed by atoms with Gasteiger partial charge in [-0.1, -0.05) is 30.3 Å². The Morgan fingerprint density at radius 2 is 2.11 bits per heavy atom. The van der Waals surface area contributed by atoms with Crippen LogP contribution >= 0.6 is 24.0 Å². The molecule has 0 bridgehead atoms. The van der Waals surface area contributed by atoms with Crippen LogP contribution in [0.25, 0.3) is 0 Å². The van der Waals surface area contributed by atoms with Crippen LogP contribution in [0.4, 0.5) is 0 Å². The first-order chi connectivity index (χ1) is 13.0. The van der Waals surface area contributed by atoms with Gasteiger partial charge in [-0.2, -0.15) is 0 Å². The van der Waals surface area contributed by atoms with Gasteiger partial charge in [-0.25, -0.2) is 0 Å². The number of aliphatic imine (C=N–C) groups is 1. The average molecular weight is 501 g/mol. The number of nitrogens with two attached hydrogens (primary N) is 1. The van der Waals surface area contributed by atoms with Gasteiger partial charge in [0, 0.05) is 45.7 Å². The highest BCUT2D eigenvalue weighted by molar-refractivity contribution is 14.0. The van der Waals surface area contributed by atoms with E-state index < -0.39 is 0 Å². The van der Waals surface area contributed by atoms with E-state index in [1.165, 1.54) is 5.56 Å². The van der Waals surface area contributed by atoms with E-state index in [0.29, 0.717) is 18.4 Å². The number of rotatable bonds is 8. The molecular weight excluding hydrogens is 465 g/mol. The zero-order valence-corrected chi connectivity index (χ0v) is 19.8. The normalized spacial score (nSPS) is 18.5. The molecule has 0 aliphatic carbocycles. The molecule has 2 unspecified atom stereocenters. The van der Waals surface area contributed by atoms with Crippen molar-refractivity contribution >= 4 is 35.8 Å². The molecule has 3 N–H and O–H groups in total. The SMILES string of the molecule is CN=C(NCCC(C)N(C)Cc1ccccc1)N1CCCC(CC(N)=O)C1.I. The Morgan fingerprint density at radius 1 is 1.39 bits per heavy atom. The van der Waals surface area contributed by atoms with E-state index in [0.717, 1.165) is 51.4 Å². The molecule has 6 nitrogen and oxygen atoms in total. The zero-order valence-electron chi connectivity index (χ0n) is 17.4. The van der Waals surface area contributed by atoms with Crippen LogP contribution < -0.4 is 11.1 Å². The van der Waals surface area contributed by atoms with Gasteiger partial charge >= 0.3 is 0 Å². The van der Waals surface area contributed by atoms with Gasteiger partial charge in [-0.15, -0.1) is 24.0 Å². The number of carbonyl (C=O) groups is 1. The number of piperidine rings is 1. The number of carbonyl (C=O) groups excluding carboxylic acids is 1. The summed E-state index contributed by atoms with van der Waals surface area (Å²) in [7, 11) is 4.00. The molecule has 0 saturated carbocycles. The first-order valence-corrected chi connectivity index (χ1v) is 9.97. The van der Waals surface area contributed by atoms with E-state index in [-0.39, 0.29) is 29.9 Å². The summed E-state index contributed by atoms with van der Waals surface area (Å²) in [5, 5.41) is 3.50. The number of hydrogen-bond donors (Lipinski definition) is 2. The van der Waals surface area contributed by atoms with Crippen molar-refractivity contribution in [3.63, 3.8) is 0 Å². The van der Waals surface area contributed by atoms with Crippen molar-refractivity contribution < 1.29 is 4.79 Å². The van der Waals surface area contributed by atoms with Crippen LogP contribution in [-0.4, -0.2) is 61.4 Å². The van der Waals surface area contributed by atoms with E-state index in [4.69, 9.17) is 5.73 Å². The largest absolute Gasteiger partial charge is 0.370 e. The third kappa shape index (κ3) is 8.34. The summed E-state index contributed by atoms with van der Waals surface area (Å²) in [6.45, 7) is 5.93. The number of likely N-dealkylation sites (tertiary alicyclic amines) is 1. The van der Waals surface area contributed by atoms with Gasteiger partial charge in [-0.05, 0) is 44.7 Å². The van der Waals surface area contributed by atoms with E-state index in [1.54, 1.807) is 0 Å². The molecule has 7 heteroatoms. The lowest BCUT2D eigenvalue weighted by molar-refractivity contribution is -0.119. The molecule has 2 rings (SSSR count). The second kappa shape index (κ2) is 13.0. The lowest BCUT2D eigenvalue weighted by atomic mass is 9.95. The highest BCUT2D eigenvalue weighted by atomic mass is 127. The van der Waals surface area contributed by atoms with Gasteiger partial charge in [0.15, 0.2) is 5.96 Å². The fourth-order valence-corrected chi connectivity index (χ4v) is 3.68. The van der Waals surface area contributed by atoms with Crippen molar-refractivity contribution in [1.29, 1.82) is 0 Å². The topological polar surface area (TPSA) is 74.0 Å². The maximum absolute atomic E-state index is 11.2. The molecule has 158 valence electrons. The predicted molar refractivity (Wildman–Crippen MR) is 127 cm³/mol. The Morgan fingerprint density at radius 3 is 2.75 bits per heavy atom. The van der Waals surface area contributed by atoms with Crippen LogP contribution in [0, 0.1) is 5.92 Å². The van der Waals surface area contributed by atoms with Crippen LogP contribution in [0.3, 0.4) is 0 Å². The quantitative estimate of drug-likeness (QED) is 0.327. The number of halogens is 1. The van der Waals surface area contributed by atoms with Crippen LogP contribution in [0.15, 0.2) is 35.3 Å².